The van der Waals surface area contributed by atoms with Crippen molar-refractivity contribution in [2.24, 2.45) is 0 Å². The molecule has 0 bridgehead atoms. The summed E-state index contributed by atoms with van der Waals surface area (Å²) < 4.78 is 5.73. The molecule has 1 aliphatic carbocycles. The van der Waals surface area contributed by atoms with Crippen molar-refractivity contribution in [3.63, 3.8) is 0 Å². The van der Waals surface area contributed by atoms with Gasteiger partial charge in [0.05, 0.1) is 5.60 Å². The van der Waals surface area contributed by atoms with Crippen LogP contribution < -0.4 is 5.32 Å². The molecule has 0 spiro atoms. The lowest BCUT2D eigenvalue weighted by atomic mass is 9.73. The van der Waals surface area contributed by atoms with E-state index < -0.39 is 0 Å². The fourth-order valence-electron chi connectivity index (χ4n) is 2.84. The molecule has 3 nitrogen and oxygen atoms in total. The molecule has 1 aromatic heterocycles. The fraction of sp³-hybridized carbons (Fsp3) is 0.667. The number of nitrogens with one attached hydrogen (secondary N) is 1. The van der Waals surface area contributed by atoms with E-state index in [1.54, 1.807) is 0 Å². The third-order valence-electron chi connectivity index (χ3n) is 4.42. The van der Waals surface area contributed by atoms with Crippen molar-refractivity contribution in [2.75, 3.05) is 14.2 Å². The quantitative estimate of drug-likeness (QED) is 0.840. The van der Waals surface area contributed by atoms with E-state index in [0.29, 0.717) is 12.0 Å². The molecule has 1 aliphatic rings. The Bertz CT molecular complexity index is 357. The van der Waals surface area contributed by atoms with Crippen LogP contribution in [0.5, 0.6) is 0 Å². The van der Waals surface area contributed by atoms with Gasteiger partial charge in [-0.25, -0.2) is 0 Å². The van der Waals surface area contributed by atoms with Crippen LogP contribution in [-0.4, -0.2) is 30.8 Å². The maximum Gasteiger partial charge on any atom is 0.0693 e. The van der Waals surface area contributed by atoms with E-state index >= 15 is 0 Å². The van der Waals surface area contributed by atoms with Gasteiger partial charge in [0.25, 0.3) is 0 Å². The van der Waals surface area contributed by atoms with Gasteiger partial charge in [-0.05, 0) is 44.9 Å². The maximum atomic E-state index is 5.73. The number of nitrogens with zero attached hydrogens (tertiary/aromatic N) is 1. The Balaban J connectivity index is 2.04. The number of ether oxygens (including phenoxy) is 1. The lowest BCUT2D eigenvalue weighted by Gasteiger charge is -2.43. The summed E-state index contributed by atoms with van der Waals surface area (Å²) in [7, 11) is 3.88. The highest BCUT2D eigenvalue weighted by Gasteiger charge is 2.40. The van der Waals surface area contributed by atoms with Gasteiger partial charge in [-0.15, -0.1) is 0 Å². The molecule has 2 unspecified atom stereocenters. The minimum atomic E-state index is 0.108. The summed E-state index contributed by atoms with van der Waals surface area (Å²) in [5.74, 6) is 0.406. The first kappa shape index (κ1) is 13.5. The zero-order valence-corrected chi connectivity index (χ0v) is 11.6. The summed E-state index contributed by atoms with van der Waals surface area (Å²) in [5.41, 5.74) is 1.26. The first-order chi connectivity index (χ1) is 8.71. The number of aromatic nitrogens is 1. The van der Waals surface area contributed by atoms with Crippen molar-refractivity contribution in [2.45, 2.75) is 50.2 Å². The third-order valence-corrected chi connectivity index (χ3v) is 4.42. The first-order valence-corrected chi connectivity index (χ1v) is 6.84. The number of likely N-dealkylation sites (N-methyl/N-ethyl adjacent to an activating group) is 1. The van der Waals surface area contributed by atoms with E-state index in [0.717, 1.165) is 12.1 Å². The predicted molar refractivity (Wildman–Crippen MR) is 73.7 cm³/mol. The molecular weight excluding hydrogens is 224 g/mol. The van der Waals surface area contributed by atoms with Crippen LogP contribution in [0.15, 0.2) is 24.4 Å². The van der Waals surface area contributed by atoms with Crippen molar-refractivity contribution >= 4 is 0 Å². The zero-order chi connectivity index (χ0) is 13.0. The van der Waals surface area contributed by atoms with E-state index in [1.807, 2.05) is 26.4 Å². The van der Waals surface area contributed by atoms with Crippen LogP contribution in [0.3, 0.4) is 0 Å². The maximum absolute atomic E-state index is 5.73. The number of pyridine rings is 1. The Hall–Kier alpha value is -0.930. The summed E-state index contributed by atoms with van der Waals surface area (Å²) in [6.07, 6.45) is 6.61. The molecule has 2 atom stereocenters. The summed E-state index contributed by atoms with van der Waals surface area (Å²) in [6, 6.07) is 6.55. The molecule has 1 heterocycles. The first-order valence-electron chi connectivity index (χ1n) is 6.84. The standard InChI is InChI=1S/C15H24N2O/c1-12(13-7-4-5-10-17-13)14(16-2)11-15(18-3)8-6-9-15/h4-5,7,10,12,14,16H,6,8-9,11H2,1-3H3. The van der Waals surface area contributed by atoms with E-state index in [4.69, 9.17) is 4.74 Å². The summed E-state index contributed by atoms with van der Waals surface area (Å²) >= 11 is 0. The van der Waals surface area contributed by atoms with Crippen LogP contribution in [0, 0.1) is 0 Å². The molecule has 2 rings (SSSR count). The van der Waals surface area contributed by atoms with Crippen LogP contribution >= 0.6 is 0 Å². The second-order valence-corrected chi connectivity index (χ2v) is 5.38. The van der Waals surface area contributed by atoms with Gasteiger partial charge in [-0.3, -0.25) is 4.98 Å². The molecule has 0 radical (unpaired) electrons. The highest BCUT2D eigenvalue weighted by molar-refractivity contribution is 5.12. The van der Waals surface area contributed by atoms with Crippen LogP contribution in [0.4, 0.5) is 0 Å². The third kappa shape index (κ3) is 2.73. The van der Waals surface area contributed by atoms with Gasteiger partial charge in [0.1, 0.15) is 0 Å². The lowest BCUT2D eigenvalue weighted by Crippen LogP contribution is -2.46. The van der Waals surface area contributed by atoms with Crippen LogP contribution in [-0.2, 0) is 4.74 Å². The molecule has 1 saturated carbocycles. The Morgan fingerprint density at radius 2 is 2.22 bits per heavy atom. The molecule has 0 saturated heterocycles. The Morgan fingerprint density at radius 1 is 1.44 bits per heavy atom. The van der Waals surface area contributed by atoms with E-state index in [1.165, 1.54) is 19.3 Å². The lowest BCUT2D eigenvalue weighted by molar-refractivity contribution is -0.0843. The molecule has 1 N–H and O–H groups in total. The number of hydrogen-bond acceptors (Lipinski definition) is 3. The van der Waals surface area contributed by atoms with Gasteiger partial charge in [-0.2, -0.15) is 0 Å². The van der Waals surface area contributed by atoms with Crippen molar-refractivity contribution < 1.29 is 4.74 Å². The minimum Gasteiger partial charge on any atom is -0.378 e. The van der Waals surface area contributed by atoms with Gasteiger partial charge in [0, 0.05) is 31.0 Å². The molecule has 0 aromatic carbocycles. The average Bonchev–Trinajstić information content (AvgIpc) is 2.39. The largest absolute Gasteiger partial charge is 0.378 e. The zero-order valence-electron chi connectivity index (χ0n) is 11.6. The van der Waals surface area contributed by atoms with Crippen molar-refractivity contribution in [3.05, 3.63) is 30.1 Å². The van der Waals surface area contributed by atoms with Crippen LogP contribution in [0.1, 0.15) is 44.2 Å². The Morgan fingerprint density at radius 3 is 2.67 bits per heavy atom. The van der Waals surface area contributed by atoms with Gasteiger partial charge in [-0.1, -0.05) is 13.0 Å². The molecule has 1 aromatic rings. The molecular formula is C15H24N2O. The predicted octanol–water partition coefficient (Wildman–Crippen LogP) is 2.73. The topological polar surface area (TPSA) is 34.1 Å². The van der Waals surface area contributed by atoms with Gasteiger partial charge in [0.15, 0.2) is 0 Å². The van der Waals surface area contributed by atoms with Crippen LogP contribution in [0.2, 0.25) is 0 Å². The summed E-state index contributed by atoms with van der Waals surface area (Å²) in [4.78, 5) is 4.47. The average molecular weight is 248 g/mol. The summed E-state index contributed by atoms with van der Waals surface area (Å²) in [5, 5.41) is 3.44. The fourth-order valence-corrected chi connectivity index (χ4v) is 2.84. The normalized spacial score (nSPS) is 21.1. The van der Waals surface area contributed by atoms with Crippen molar-refractivity contribution in [1.29, 1.82) is 0 Å². The smallest absolute Gasteiger partial charge is 0.0693 e. The second kappa shape index (κ2) is 5.81. The van der Waals surface area contributed by atoms with Gasteiger partial charge < -0.3 is 10.1 Å². The summed E-state index contributed by atoms with van der Waals surface area (Å²) in [6.45, 7) is 2.24. The molecule has 0 amide bonds. The van der Waals surface area contributed by atoms with Gasteiger partial charge in [0.2, 0.25) is 0 Å². The van der Waals surface area contributed by atoms with E-state index in [-0.39, 0.29) is 5.60 Å². The Kier molecular flexibility index (Phi) is 4.36. The molecule has 100 valence electrons. The monoisotopic (exact) mass is 248 g/mol. The van der Waals surface area contributed by atoms with Crippen molar-refractivity contribution in [1.82, 2.24) is 10.3 Å². The van der Waals surface area contributed by atoms with Gasteiger partial charge >= 0.3 is 0 Å². The highest BCUT2D eigenvalue weighted by Crippen LogP contribution is 2.40. The molecule has 0 aliphatic heterocycles. The SMILES string of the molecule is CNC(CC1(OC)CCC1)C(C)c1ccccn1. The molecule has 3 heteroatoms. The van der Waals surface area contributed by atoms with Crippen molar-refractivity contribution in [3.8, 4) is 0 Å². The number of rotatable bonds is 6. The van der Waals surface area contributed by atoms with E-state index in [2.05, 4.69) is 29.4 Å². The van der Waals surface area contributed by atoms with Crippen LogP contribution in [0.25, 0.3) is 0 Å². The second-order valence-electron chi connectivity index (χ2n) is 5.38. The molecule has 1 fully saturated rings. The highest BCUT2D eigenvalue weighted by atomic mass is 16.5. The Labute approximate surface area is 110 Å². The molecule has 18 heavy (non-hydrogen) atoms. The minimum absolute atomic E-state index is 0.108. The number of methoxy groups -OCH3 is 1. The van der Waals surface area contributed by atoms with E-state index in [9.17, 15) is 0 Å². The number of hydrogen-bond donors (Lipinski definition) is 1.